The Morgan fingerprint density at radius 2 is 0.783 bits per heavy atom. The van der Waals surface area contributed by atoms with Crippen molar-refractivity contribution in [1.29, 1.82) is 0 Å². The maximum atomic E-state index is 2.54. The zero-order valence-corrected chi connectivity index (χ0v) is 34.3. The summed E-state index contributed by atoms with van der Waals surface area (Å²) in [6.45, 7) is 23.0. The highest BCUT2D eigenvalue weighted by Gasteiger charge is 2.38. The molecular formula is C44H90N2+2. The first-order valence-electron chi connectivity index (χ1n) is 21.1. The Kier molecular flexibility index (Phi) is 18.2. The summed E-state index contributed by atoms with van der Waals surface area (Å²) in [5.74, 6) is 3.68. The highest BCUT2D eigenvalue weighted by molar-refractivity contribution is 4.88. The van der Waals surface area contributed by atoms with Gasteiger partial charge in [-0.2, -0.15) is 0 Å². The van der Waals surface area contributed by atoms with Crippen LogP contribution < -0.4 is 0 Å². The van der Waals surface area contributed by atoms with Gasteiger partial charge in [-0.3, -0.25) is 0 Å². The van der Waals surface area contributed by atoms with Gasteiger partial charge in [0.2, 0.25) is 0 Å². The minimum Gasteiger partial charge on any atom is -0.326 e. The number of unbranched alkanes of at least 4 members (excludes halogenated alkanes) is 11. The number of quaternary nitrogens is 2. The molecule has 6 atom stereocenters. The Morgan fingerprint density at radius 1 is 0.500 bits per heavy atom. The molecule has 0 aliphatic heterocycles. The smallest absolute Gasteiger partial charge is 0.0857 e. The van der Waals surface area contributed by atoms with Crippen LogP contribution in [0.3, 0.4) is 0 Å². The fourth-order valence-electron chi connectivity index (χ4n) is 10.2. The first-order chi connectivity index (χ1) is 21.5. The van der Waals surface area contributed by atoms with E-state index in [9.17, 15) is 0 Å². The van der Waals surface area contributed by atoms with Crippen molar-refractivity contribution >= 4 is 0 Å². The normalized spacial score (nSPS) is 26.6. The monoisotopic (exact) mass is 647 g/mol. The molecule has 2 aliphatic carbocycles. The van der Waals surface area contributed by atoms with Crippen molar-refractivity contribution in [3.05, 3.63) is 0 Å². The third-order valence-electron chi connectivity index (χ3n) is 14.7. The van der Waals surface area contributed by atoms with Crippen LogP contribution in [0, 0.1) is 34.5 Å². The van der Waals surface area contributed by atoms with Crippen LogP contribution in [0.1, 0.15) is 197 Å². The molecule has 0 bridgehead atoms. The summed E-state index contributed by atoms with van der Waals surface area (Å²) >= 11 is 0. The average molecular weight is 647 g/mol. The van der Waals surface area contributed by atoms with Crippen molar-refractivity contribution in [3.63, 3.8) is 0 Å². The summed E-state index contributed by atoms with van der Waals surface area (Å²) in [5.41, 5.74) is 1.10. The van der Waals surface area contributed by atoms with Gasteiger partial charge in [-0.15, -0.1) is 0 Å². The second-order valence-electron chi connectivity index (χ2n) is 20.0. The lowest BCUT2D eigenvalue weighted by Crippen LogP contribution is -2.48. The fourth-order valence-corrected chi connectivity index (χ4v) is 10.2. The SMILES string of the molecule is CC1CCCC(C)(C)C1CCC(C)[N+](C)(C)CCCCCCCCCCCCCC[N+](C)(C)C(C)CCC1C(C)CCCC1(C)C. The van der Waals surface area contributed by atoms with Gasteiger partial charge in [-0.25, -0.2) is 0 Å². The molecule has 0 aromatic heterocycles. The summed E-state index contributed by atoms with van der Waals surface area (Å²) in [4.78, 5) is 0. The van der Waals surface area contributed by atoms with Gasteiger partial charge < -0.3 is 8.97 Å². The molecule has 0 amide bonds. The summed E-state index contributed by atoms with van der Waals surface area (Å²) < 4.78 is 2.44. The molecule has 2 rings (SSSR count). The fraction of sp³-hybridized carbons (Fsp3) is 1.00. The van der Waals surface area contributed by atoms with Gasteiger partial charge >= 0.3 is 0 Å². The van der Waals surface area contributed by atoms with Crippen LogP contribution in [0.2, 0.25) is 0 Å². The van der Waals surface area contributed by atoms with Crippen molar-refractivity contribution in [1.82, 2.24) is 0 Å². The molecule has 0 spiro atoms. The second kappa shape index (κ2) is 19.9. The standard InChI is InChI=1S/C44H90N2/c1-37-27-25-33-43(5,6)41(37)31-29-39(3)45(9,10)35-23-21-19-17-15-13-14-16-18-20-22-24-36-46(11,12)40(4)30-32-42-38(2)28-26-34-44(42,7)8/h37-42H,13-36H2,1-12H3/q+2. The van der Waals surface area contributed by atoms with E-state index in [0.29, 0.717) is 10.8 Å². The summed E-state index contributed by atoms with van der Waals surface area (Å²) in [6, 6.07) is 1.57. The van der Waals surface area contributed by atoms with E-state index in [0.717, 1.165) is 35.8 Å². The predicted molar refractivity (Wildman–Crippen MR) is 207 cm³/mol. The minimum atomic E-state index is 0.550. The highest BCUT2D eigenvalue weighted by Crippen LogP contribution is 2.47. The van der Waals surface area contributed by atoms with Gasteiger partial charge in [0.25, 0.3) is 0 Å². The molecule has 0 saturated heterocycles. The molecule has 0 aromatic carbocycles. The topological polar surface area (TPSA) is 0 Å². The molecule has 2 nitrogen and oxygen atoms in total. The Bertz CT molecular complexity index is 728. The number of hydrogen-bond acceptors (Lipinski definition) is 0. The van der Waals surface area contributed by atoms with E-state index in [-0.39, 0.29) is 0 Å². The van der Waals surface area contributed by atoms with Crippen LogP contribution in [0.25, 0.3) is 0 Å². The molecule has 0 radical (unpaired) electrons. The van der Waals surface area contributed by atoms with Gasteiger partial charge in [0.05, 0.1) is 53.4 Å². The summed E-state index contributed by atoms with van der Waals surface area (Å²) in [6.07, 6.45) is 31.7. The Morgan fingerprint density at radius 3 is 1.07 bits per heavy atom. The maximum Gasteiger partial charge on any atom is 0.0857 e. The molecule has 0 N–H and O–H groups in total. The van der Waals surface area contributed by atoms with Gasteiger partial charge in [-0.05, 0) is 113 Å². The van der Waals surface area contributed by atoms with Crippen LogP contribution in [-0.4, -0.2) is 62.3 Å². The molecule has 2 saturated carbocycles. The number of rotatable bonds is 23. The van der Waals surface area contributed by atoms with Gasteiger partial charge in [0.15, 0.2) is 0 Å². The molecule has 2 aliphatic rings. The number of hydrogen-bond donors (Lipinski definition) is 0. The van der Waals surface area contributed by atoms with Crippen molar-refractivity contribution in [2.75, 3.05) is 41.3 Å². The average Bonchev–Trinajstić information content (AvgIpc) is 2.95. The van der Waals surface area contributed by atoms with E-state index in [1.165, 1.54) is 163 Å². The van der Waals surface area contributed by atoms with Gasteiger partial charge in [-0.1, -0.05) is 119 Å². The minimum absolute atomic E-state index is 0.550. The first-order valence-corrected chi connectivity index (χ1v) is 21.1. The number of nitrogens with zero attached hydrogens (tertiary/aromatic N) is 2. The van der Waals surface area contributed by atoms with Crippen molar-refractivity contribution in [2.45, 2.75) is 209 Å². The van der Waals surface area contributed by atoms with Gasteiger partial charge in [0.1, 0.15) is 0 Å². The summed E-state index contributed by atoms with van der Waals surface area (Å²) in [7, 11) is 10.0. The Balaban J connectivity index is 1.44. The van der Waals surface area contributed by atoms with E-state index in [4.69, 9.17) is 0 Å². The maximum absolute atomic E-state index is 2.54. The van der Waals surface area contributed by atoms with Crippen LogP contribution in [0.15, 0.2) is 0 Å². The van der Waals surface area contributed by atoms with Crippen LogP contribution in [0.5, 0.6) is 0 Å². The third-order valence-corrected chi connectivity index (χ3v) is 14.7. The lowest BCUT2D eigenvalue weighted by Gasteiger charge is -2.44. The molecule has 274 valence electrons. The van der Waals surface area contributed by atoms with Crippen molar-refractivity contribution in [3.8, 4) is 0 Å². The predicted octanol–water partition coefficient (Wildman–Crippen LogP) is 13.1. The molecule has 2 heteroatoms. The molecule has 2 fully saturated rings. The van der Waals surface area contributed by atoms with E-state index in [2.05, 4.69) is 83.6 Å². The van der Waals surface area contributed by atoms with E-state index in [1.807, 2.05) is 0 Å². The lowest BCUT2D eigenvalue weighted by molar-refractivity contribution is -0.913. The highest BCUT2D eigenvalue weighted by atomic mass is 15.3. The zero-order chi connectivity index (χ0) is 34.4. The summed E-state index contributed by atoms with van der Waals surface area (Å²) in [5, 5.41) is 0. The van der Waals surface area contributed by atoms with Gasteiger partial charge in [0, 0.05) is 0 Å². The van der Waals surface area contributed by atoms with E-state index >= 15 is 0 Å². The largest absolute Gasteiger partial charge is 0.326 e. The Hall–Kier alpha value is -0.0800. The van der Waals surface area contributed by atoms with E-state index in [1.54, 1.807) is 0 Å². The Labute approximate surface area is 292 Å². The zero-order valence-electron chi connectivity index (χ0n) is 34.3. The van der Waals surface area contributed by atoms with E-state index < -0.39 is 0 Å². The van der Waals surface area contributed by atoms with Crippen molar-refractivity contribution in [2.24, 2.45) is 34.5 Å². The van der Waals surface area contributed by atoms with Crippen LogP contribution >= 0.6 is 0 Å². The van der Waals surface area contributed by atoms with Crippen molar-refractivity contribution < 1.29 is 8.97 Å². The quantitative estimate of drug-likeness (QED) is 0.0765. The first kappa shape index (κ1) is 42.1. The molecule has 0 heterocycles. The lowest BCUT2D eigenvalue weighted by atomic mass is 9.62. The molecule has 0 aromatic rings. The van der Waals surface area contributed by atoms with Crippen LogP contribution in [-0.2, 0) is 0 Å². The molecular weight excluding hydrogens is 556 g/mol. The third kappa shape index (κ3) is 14.4. The van der Waals surface area contributed by atoms with Crippen LogP contribution in [0.4, 0.5) is 0 Å². The molecule has 6 unspecified atom stereocenters. The second-order valence-corrected chi connectivity index (χ2v) is 20.0. The molecule has 46 heavy (non-hydrogen) atoms.